The van der Waals surface area contributed by atoms with Crippen LogP contribution in [0.15, 0.2) is 16.8 Å². The van der Waals surface area contributed by atoms with Gasteiger partial charge in [-0.1, -0.05) is 45.7 Å². The number of hydrogen-bond donors (Lipinski definition) is 4. The summed E-state index contributed by atoms with van der Waals surface area (Å²) >= 11 is 1.45. The molecule has 2 atom stereocenters. The summed E-state index contributed by atoms with van der Waals surface area (Å²) in [5, 5.41) is 31.3. The fourth-order valence-electron chi connectivity index (χ4n) is 6.09. The van der Waals surface area contributed by atoms with Gasteiger partial charge in [0.25, 0.3) is 0 Å². The summed E-state index contributed by atoms with van der Waals surface area (Å²) in [7, 11) is 2.16. The minimum Gasteiger partial charge on any atom is -0.389 e. The number of aryl methyl sites for hydroxylation is 1. The van der Waals surface area contributed by atoms with Gasteiger partial charge in [-0.2, -0.15) is 15.5 Å². The minimum atomic E-state index is -0.180. The van der Waals surface area contributed by atoms with Gasteiger partial charge in [-0.25, -0.2) is 14.6 Å². The van der Waals surface area contributed by atoms with Gasteiger partial charge in [0.15, 0.2) is 22.9 Å². The lowest BCUT2D eigenvalue weighted by atomic mass is 9.98. The molecule has 0 radical (unpaired) electrons. The minimum absolute atomic E-state index is 0.180. The van der Waals surface area contributed by atoms with Crippen LogP contribution in [0, 0.1) is 11.3 Å². The van der Waals surface area contributed by atoms with Crippen molar-refractivity contribution in [1.29, 1.82) is 5.26 Å². The zero-order valence-electron chi connectivity index (χ0n) is 28.2. The monoisotopic (exact) mass is 658 g/mol. The lowest BCUT2D eigenvalue weighted by Gasteiger charge is -2.19. The van der Waals surface area contributed by atoms with Gasteiger partial charge in [0, 0.05) is 22.5 Å². The van der Waals surface area contributed by atoms with E-state index >= 15 is 0 Å². The van der Waals surface area contributed by atoms with Crippen molar-refractivity contribution < 1.29 is 4.52 Å². The second kappa shape index (κ2) is 15.0. The third-order valence-electron chi connectivity index (χ3n) is 8.59. The summed E-state index contributed by atoms with van der Waals surface area (Å²) in [6, 6.07) is 4.31. The molecule has 1 fully saturated rings. The number of anilines is 3. The van der Waals surface area contributed by atoms with Gasteiger partial charge >= 0.3 is 0 Å². The molecule has 0 spiro atoms. The Kier molecular flexibility index (Phi) is 10.8. The molecule has 0 saturated carbocycles. The van der Waals surface area contributed by atoms with E-state index in [-0.39, 0.29) is 6.04 Å². The Bertz CT molecular complexity index is 1840. The number of unbranched alkanes of at least 4 members (excludes halogenated alkanes) is 1. The van der Waals surface area contributed by atoms with Crippen molar-refractivity contribution in [2.75, 3.05) is 30.4 Å². The molecule has 250 valence electrons. The third-order valence-corrected chi connectivity index (χ3v) is 9.67. The van der Waals surface area contributed by atoms with Crippen molar-refractivity contribution in [3.05, 3.63) is 34.0 Å². The maximum atomic E-state index is 10.1. The Balaban J connectivity index is 0.00000213. The van der Waals surface area contributed by atoms with Gasteiger partial charge in [-0.15, -0.1) is 11.3 Å². The molecular formula is C33H46N12OS. The van der Waals surface area contributed by atoms with E-state index in [1.54, 1.807) is 6.07 Å². The number of H-pyrrole nitrogens is 1. The van der Waals surface area contributed by atoms with E-state index in [4.69, 9.17) is 31.1 Å². The van der Waals surface area contributed by atoms with Crippen LogP contribution < -0.4 is 16.8 Å². The first-order valence-corrected chi connectivity index (χ1v) is 17.5. The van der Waals surface area contributed by atoms with Crippen molar-refractivity contribution in [3.63, 3.8) is 0 Å². The molecule has 47 heavy (non-hydrogen) atoms. The number of nitrogens with two attached hydrogens (primary N) is 2. The standard InChI is InChI=1S/C31H40N12OS.C2H6/c1-5-7-11-19-26(41-44-27(19)25-20(14-32)28(34)45-23(25)9-6-2)30-37-29(36-17(3)22-13-24(33)40-39-22)21-15-35-43(31(21)38-30)16-18-10-8-12-42(18)4;1-2/h13,15,17-18H,5-12,16,34H2,1-4H3,(H3,33,39,40)(H,36,37,38);1-2H3. The summed E-state index contributed by atoms with van der Waals surface area (Å²) in [6.07, 6.45) is 8.37. The first-order chi connectivity index (χ1) is 22.8. The Morgan fingerprint density at radius 1 is 1.21 bits per heavy atom. The molecule has 6 heterocycles. The number of hydrogen-bond acceptors (Lipinski definition) is 12. The topological polar surface area (TPSA) is 189 Å². The molecule has 1 aliphatic heterocycles. The highest BCUT2D eigenvalue weighted by atomic mass is 32.1. The van der Waals surface area contributed by atoms with Gasteiger partial charge in [0.2, 0.25) is 0 Å². The second-order valence-corrected chi connectivity index (χ2v) is 12.9. The number of nitrogens with zero attached hydrogens (tertiary/aromatic N) is 8. The highest BCUT2D eigenvalue weighted by Gasteiger charge is 2.29. The van der Waals surface area contributed by atoms with Crippen molar-refractivity contribution in [2.24, 2.45) is 0 Å². The van der Waals surface area contributed by atoms with Gasteiger partial charge in [0.1, 0.15) is 22.7 Å². The van der Waals surface area contributed by atoms with Crippen molar-refractivity contribution in [2.45, 2.75) is 98.2 Å². The Hall–Kier alpha value is -4.48. The third kappa shape index (κ3) is 6.82. The number of rotatable bonds is 12. The van der Waals surface area contributed by atoms with Gasteiger partial charge in [-0.05, 0) is 52.6 Å². The maximum absolute atomic E-state index is 10.1. The number of nitriles is 1. The molecule has 13 nitrogen and oxygen atoms in total. The SMILES string of the molecule is CC.CCCCc1c(-c2nc(NC(C)c3cc(N)n[nH]3)c3cnn(CC4CCCN4C)c3n2)noc1-c1c(CCC)sc(N)c1C#N. The number of aromatic nitrogens is 7. The van der Waals surface area contributed by atoms with E-state index in [2.05, 4.69) is 52.5 Å². The molecule has 5 aromatic heterocycles. The lowest BCUT2D eigenvalue weighted by Crippen LogP contribution is -2.29. The van der Waals surface area contributed by atoms with E-state index in [0.717, 1.165) is 72.3 Å². The zero-order valence-corrected chi connectivity index (χ0v) is 29.0. The molecule has 1 aliphatic rings. The highest BCUT2D eigenvalue weighted by Crippen LogP contribution is 2.43. The smallest absolute Gasteiger partial charge is 0.186 e. The van der Waals surface area contributed by atoms with Crippen LogP contribution in [-0.2, 0) is 19.4 Å². The molecule has 0 aromatic carbocycles. The molecule has 6 rings (SSSR count). The average molecular weight is 659 g/mol. The summed E-state index contributed by atoms with van der Waals surface area (Å²) in [5.74, 6) is 2.05. The zero-order chi connectivity index (χ0) is 33.7. The molecule has 0 amide bonds. The first-order valence-electron chi connectivity index (χ1n) is 16.6. The van der Waals surface area contributed by atoms with Crippen LogP contribution >= 0.6 is 11.3 Å². The van der Waals surface area contributed by atoms with Crippen LogP contribution in [0.25, 0.3) is 33.9 Å². The first kappa shape index (κ1) is 33.9. The summed E-state index contributed by atoms with van der Waals surface area (Å²) in [5.41, 5.74) is 16.4. The number of nitrogen functional groups attached to an aromatic ring is 2. The normalized spacial score (nSPS) is 15.5. The van der Waals surface area contributed by atoms with E-state index in [0.29, 0.717) is 57.6 Å². The molecule has 0 bridgehead atoms. The largest absolute Gasteiger partial charge is 0.389 e. The molecule has 14 heteroatoms. The van der Waals surface area contributed by atoms with Gasteiger partial charge in [-0.3, -0.25) is 5.10 Å². The van der Waals surface area contributed by atoms with Crippen molar-refractivity contribution in [1.82, 2.24) is 40.0 Å². The number of likely N-dealkylation sites (N-methyl/N-ethyl adjacent to an activating group) is 1. The van der Waals surface area contributed by atoms with Crippen LogP contribution in [0.2, 0.25) is 0 Å². The van der Waals surface area contributed by atoms with Crippen LogP contribution in [0.3, 0.4) is 0 Å². The van der Waals surface area contributed by atoms with Crippen LogP contribution in [0.1, 0.15) is 94.5 Å². The average Bonchev–Trinajstić information content (AvgIpc) is 3.90. The predicted octanol–water partition coefficient (Wildman–Crippen LogP) is 6.56. The summed E-state index contributed by atoms with van der Waals surface area (Å²) in [4.78, 5) is 13.5. The van der Waals surface area contributed by atoms with Gasteiger partial charge in [0.05, 0.1) is 41.0 Å². The molecule has 1 saturated heterocycles. The predicted molar refractivity (Wildman–Crippen MR) is 188 cm³/mol. The lowest BCUT2D eigenvalue weighted by molar-refractivity contribution is 0.276. The maximum Gasteiger partial charge on any atom is 0.186 e. The second-order valence-electron chi connectivity index (χ2n) is 11.8. The highest BCUT2D eigenvalue weighted by molar-refractivity contribution is 7.16. The number of aromatic amines is 1. The van der Waals surface area contributed by atoms with Crippen LogP contribution in [0.4, 0.5) is 16.6 Å². The Labute approximate surface area is 279 Å². The van der Waals surface area contributed by atoms with Gasteiger partial charge < -0.3 is 26.2 Å². The Morgan fingerprint density at radius 3 is 2.68 bits per heavy atom. The van der Waals surface area contributed by atoms with Crippen LogP contribution in [0.5, 0.6) is 0 Å². The molecule has 2 unspecified atom stereocenters. The summed E-state index contributed by atoms with van der Waals surface area (Å²) in [6.45, 7) is 12.1. The fraction of sp³-hybridized carbons (Fsp3) is 0.515. The van der Waals surface area contributed by atoms with Crippen molar-refractivity contribution >= 4 is 39.0 Å². The fourth-order valence-corrected chi connectivity index (χ4v) is 7.21. The van der Waals surface area contributed by atoms with E-state index < -0.39 is 0 Å². The molecule has 5 aromatic rings. The van der Waals surface area contributed by atoms with E-state index in [9.17, 15) is 5.26 Å². The number of nitrogens with one attached hydrogen (secondary N) is 2. The molecular weight excluding hydrogens is 613 g/mol. The number of likely N-dealkylation sites (tertiary alicyclic amines) is 1. The number of fused-ring (bicyclic) bond motifs is 1. The quantitative estimate of drug-likeness (QED) is 0.114. The molecule has 0 aliphatic carbocycles. The summed E-state index contributed by atoms with van der Waals surface area (Å²) < 4.78 is 8.08. The Morgan fingerprint density at radius 2 is 2.02 bits per heavy atom. The van der Waals surface area contributed by atoms with Crippen molar-refractivity contribution in [3.8, 4) is 28.9 Å². The van der Waals surface area contributed by atoms with E-state index in [1.165, 1.54) is 17.8 Å². The molecule has 6 N–H and O–H groups in total. The van der Waals surface area contributed by atoms with Crippen LogP contribution in [-0.4, -0.2) is 59.6 Å². The van der Waals surface area contributed by atoms with E-state index in [1.807, 2.05) is 31.6 Å². The number of thiophene rings is 1.